The summed E-state index contributed by atoms with van der Waals surface area (Å²) in [7, 11) is 2.53. The summed E-state index contributed by atoms with van der Waals surface area (Å²) >= 11 is 0. The van der Waals surface area contributed by atoms with Crippen LogP contribution in [0.2, 0.25) is 0 Å². The van der Waals surface area contributed by atoms with Gasteiger partial charge in [0.25, 0.3) is 5.97 Å². The smallest absolute Gasteiger partial charge is 0.289 e. The number of esters is 1. The molecule has 6 heteroatoms. The molecule has 63 valence electrons. The van der Waals surface area contributed by atoms with Gasteiger partial charge in [0.2, 0.25) is 0 Å². The van der Waals surface area contributed by atoms with Crippen molar-refractivity contribution in [3.05, 3.63) is 5.73 Å². The second kappa shape index (κ2) is 8.88. The van der Waals surface area contributed by atoms with Gasteiger partial charge in [-0.05, 0) is 6.04 Å². The first-order valence-electron chi connectivity index (χ1n) is 2.67. The predicted octanol–water partition coefficient (Wildman–Crippen LogP) is 0.158. The van der Waals surface area contributed by atoms with E-state index in [4.69, 9.17) is 5.73 Å². The molecule has 5 nitrogen and oxygen atoms in total. The summed E-state index contributed by atoms with van der Waals surface area (Å²) in [5, 5.41) is 0. The van der Waals surface area contributed by atoms with Crippen LogP contribution >= 0.6 is 0 Å². The van der Waals surface area contributed by atoms with E-state index < -0.39 is 12.0 Å². The van der Waals surface area contributed by atoms with Crippen molar-refractivity contribution < 1.29 is 63.4 Å². The molecule has 1 atom stereocenters. The number of ether oxygens (including phenoxy) is 1. The van der Waals surface area contributed by atoms with Crippen molar-refractivity contribution in [2.75, 3.05) is 20.8 Å². The standard InChI is InChI=1S/C5H10NO4.Ac/c1-8-5(7)4(6)3-10-9-2;/h4,6H,3H2,1-2H3;/q-1;. The van der Waals surface area contributed by atoms with E-state index in [9.17, 15) is 4.79 Å². The Balaban J connectivity index is 0. The minimum atomic E-state index is -1.02. The fraction of sp³-hybridized carbons (Fsp3) is 0.800. The molecule has 0 saturated heterocycles. The molecule has 0 fully saturated rings. The average molecular weight is 375 g/mol. The first-order chi connectivity index (χ1) is 4.72. The molecule has 1 unspecified atom stereocenters. The average Bonchev–Trinajstić information content (AvgIpc) is 1.98. The Bertz CT molecular complexity index is 111. The number of nitrogens with one attached hydrogen (secondary N) is 1. The Morgan fingerprint density at radius 3 is 2.45 bits per heavy atom. The number of carbonyl (C=O) groups is 1. The van der Waals surface area contributed by atoms with Gasteiger partial charge in [0.1, 0.15) is 0 Å². The van der Waals surface area contributed by atoms with Crippen LogP contribution < -0.4 is 0 Å². The van der Waals surface area contributed by atoms with Gasteiger partial charge in [-0.2, -0.15) is 0 Å². The minimum absolute atomic E-state index is 0. The fourth-order valence-electron chi connectivity index (χ4n) is 0.346. The second-order valence-electron chi connectivity index (χ2n) is 1.53. The molecule has 0 bridgehead atoms. The summed E-state index contributed by atoms with van der Waals surface area (Å²) in [6.07, 6.45) is 0. The van der Waals surface area contributed by atoms with E-state index in [1.54, 1.807) is 0 Å². The molecule has 0 amide bonds. The Morgan fingerprint density at radius 1 is 1.55 bits per heavy atom. The fourth-order valence-corrected chi connectivity index (χ4v) is 0.346. The van der Waals surface area contributed by atoms with E-state index in [1.807, 2.05) is 0 Å². The van der Waals surface area contributed by atoms with Crippen LogP contribution in [0.25, 0.3) is 5.73 Å². The van der Waals surface area contributed by atoms with Crippen LogP contribution in [0.5, 0.6) is 0 Å². The maximum absolute atomic E-state index is 10.5. The summed E-state index contributed by atoms with van der Waals surface area (Å²) in [6, 6.07) is -1.02. The van der Waals surface area contributed by atoms with Gasteiger partial charge in [0.05, 0.1) is 20.8 Å². The van der Waals surface area contributed by atoms with Crippen molar-refractivity contribution in [1.82, 2.24) is 0 Å². The molecule has 0 heterocycles. The predicted molar refractivity (Wildman–Crippen MR) is 33.1 cm³/mol. The van der Waals surface area contributed by atoms with Gasteiger partial charge >= 0.3 is 0 Å². The Morgan fingerprint density at radius 2 is 2.09 bits per heavy atom. The van der Waals surface area contributed by atoms with Crippen LogP contribution in [-0.2, 0) is 19.3 Å². The van der Waals surface area contributed by atoms with Gasteiger partial charge in [-0.25, -0.2) is 9.78 Å². The van der Waals surface area contributed by atoms with Crippen molar-refractivity contribution in [3.8, 4) is 0 Å². The van der Waals surface area contributed by atoms with E-state index in [1.165, 1.54) is 14.2 Å². The number of hydrogen-bond acceptors (Lipinski definition) is 4. The van der Waals surface area contributed by atoms with Crippen molar-refractivity contribution in [3.63, 3.8) is 0 Å². The van der Waals surface area contributed by atoms with Crippen LogP contribution in [0, 0.1) is 44.1 Å². The van der Waals surface area contributed by atoms with Crippen molar-refractivity contribution in [2.45, 2.75) is 6.04 Å². The number of carbonyl (C=O) groups excluding carboxylic acids is 1. The van der Waals surface area contributed by atoms with Gasteiger partial charge in [0.15, 0.2) is 0 Å². The molecule has 11 heavy (non-hydrogen) atoms. The van der Waals surface area contributed by atoms with Crippen LogP contribution in [0.15, 0.2) is 0 Å². The molecule has 1 N–H and O–H groups in total. The molecule has 0 rings (SSSR count). The van der Waals surface area contributed by atoms with Gasteiger partial charge in [0, 0.05) is 44.1 Å². The third kappa shape index (κ3) is 7.16. The van der Waals surface area contributed by atoms with E-state index in [2.05, 4.69) is 14.5 Å². The Hall–Kier alpha value is 0.792. The summed E-state index contributed by atoms with van der Waals surface area (Å²) in [6.45, 7) is -0.108. The maximum Gasteiger partial charge on any atom is 0.289 e. The zero-order valence-corrected chi connectivity index (χ0v) is 11.2. The summed E-state index contributed by atoms with van der Waals surface area (Å²) < 4.78 is 4.25. The van der Waals surface area contributed by atoms with E-state index >= 15 is 0 Å². The van der Waals surface area contributed by atoms with Gasteiger partial charge in [-0.1, -0.05) is 0 Å². The molecule has 0 aliphatic carbocycles. The van der Waals surface area contributed by atoms with Crippen molar-refractivity contribution >= 4 is 5.97 Å². The normalized spacial score (nSPS) is 11.5. The quantitative estimate of drug-likeness (QED) is 0.399. The molecule has 1 radical (unpaired) electrons. The van der Waals surface area contributed by atoms with Gasteiger partial charge in [-0.15, -0.1) is 0 Å². The first kappa shape index (κ1) is 14.3. The zero-order chi connectivity index (χ0) is 7.98. The van der Waals surface area contributed by atoms with Crippen molar-refractivity contribution in [2.24, 2.45) is 0 Å². The SMILES string of the molecule is COOCC([NH-])C(=O)OC.[Ac]. The van der Waals surface area contributed by atoms with Gasteiger partial charge in [-0.3, -0.25) is 4.79 Å². The monoisotopic (exact) mass is 375 g/mol. The van der Waals surface area contributed by atoms with E-state index in [0.717, 1.165) is 0 Å². The summed E-state index contributed by atoms with van der Waals surface area (Å²) in [5.74, 6) is -0.628. The van der Waals surface area contributed by atoms with Crippen LogP contribution in [0.4, 0.5) is 0 Å². The number of methoxy groups -OCH3 is 1. The molecule has 0 spiro atoms. The van der Waals surface area contributed by atoms with Crippen LogP contribution in [-0.4, -0.2) is 32.8 Å². The summed E-state index contributed by atoms with van der Waals surface area (Å²) in [4.78, 5) is 19.0. The largest absolute Gasteiger partial charge is 0.663 e. The molecule has 0 aromatic rings. The Kier molecular flexibility index (Phi) is 11.6. The molecule has 0 aromatic carbocycles. The van der Waals surface area contributed by atoms with Crippen LogP contribution in [0.1, 0.15) is 0 Å². The topological polar surface area (TPSA) is 68.6 Å². The van der Waals surface area contributed by atoms with E-state index in [-0.39, 0.29) is 50.7 Å². The van der Waals surface area contributed by atoms with Crippen molar-refractivity contribution in [1.29, 1.82) is 0 Å². The molecular weight excluding hydrogens is 365 g/mol. The summed E-state index contributed by atoms with van der Waals surface area (Å²) in [5.41, 5.74) is 7.00. The molecule has 0 aliphatic rings. The van der Waals surface area contributed by atoms with E-state index in [0.29, 0.717) is 0 Å². The second-order valence-corrected chi connectivity index (χ2v) is 1.53. The molecule has 0 saturated carbocycles. The third-order valence-corrected chi connectivity index (χ3v) is 0.838. The van der Waals surface area contributed by atoms with Gasteiger partial charge < -0.3 is 10.5 Å². The minimum Gasteiger partial charge on any atom is -0.663 e. The molecular formula is C5H10AcNO4-. The number of rotatable bonds is 4. The zero-order valence-electron chi connectivity index (χ0n) is 6.49. The maximum atomic E-state index is 10.5. The third-order valence-electron chi connectivity index (χ3n) is 0.838. The Labute approximate surface area is 101 Å². The number of hydrogen-bond donors (Lipinski definition) is 0. The molecule has 0 aliphatic heterocycles. The first-order valence-corrected chi connectivity index (χ1v) is 2.67. The van der Waals surface area contributed by atoms with Crippen LogP contribution in [0.3, 0.4) is 0 Å². The molecule has 0 aromatic heterocycles.